The molecule has 0 aliphatic carbocycles. The lowest BCUT2D eigenvalue weighted by molar-refractivity contribution is -0.220. The van der Waals surface area contributed by atoms with Gasteiger partial charge in [-0.1, -0.05) is 6.08 Å². The topological polar surface area (TPSA) is 111 Å². The molecule has 29 heavy (non-hydrogen) atoms. The Morgan fingerprint density at radius 1 is 1.07 bits per heavy atom. The number of nitrogens with one attached hydrogen (secondary N) is 1. The average molecular weight is 414 g/mol. The molecule has 166 valence electrons. The Morgan fingerprint density at radius 2 is 1.62 bits per heavy atom. The molecule has 0 spiro atoms. The minimum absolute atomic E-state index is 0.199. The maximum atomic E-state index is 12.5. The largest absolute Gasteiger partial charge is 0.462 e. The Kier molecular flexibility index (Phi) is 8.41. The summed E-state index contributed by atoms with van der Waals surface area (Å²) in [4.78, 5) is 36.3. The zero-order valence-corrected chi connectivity index (χ0v) is 18.5. The molecule has 8 heteroatoms. The van der Waals surface area contributed by atoms with Crippen molar-refractivity contribution in [2.24, 2.45) is 10.8 Å². The monoisotopic (exact) mass is 413 g/mol. The second-order valence-electron chi connectivity index (χ2n) is 9.42. The third-order valence-electron chi connectivity index (χ3n) is 4.44. The number of rotatable bonds is 6. The van der Waals surface area contributed by atoms with Gasteiger partial charge in [-0.2, -0.15) is 0 Å². The maximum absolute atomic E-state index is 12.5. The Bertz CT molecular complexity index is 617. The zero-order valence-electron chi connectivity index (χ0n) is 18.5. The molecule has 0 saturated carbocycles. The first-order valence-electron chi connectivity index (χ1n) is 9.78. The molecule has 5 atom stereocenters. The number of aliphatic hydroxyl groups excluding tert-OH is 1. The van der Waals surface area contributed by atoms with Crippen molar-refractivity contribution in [1.29, 1.82) is 0 Å². The second-order valence-corrected chi connectivity index (χ2v) is 9.42. The third kappa shape index (κ3) is 7.12. The fraction of sp³-hybridized carbons (Fsp3) is 0.762. The lowest BCUT2D eigenvalue weighted by Crippen LogP contribution is -2.65. The van der Waals surface area contributed by atoms with Gasteiger partial charge in [0, 0.05) is 6.92 Å². The number of hydrogen-bond acceptors (Lipinski definition) is 7. The molecular formula is C21H35NO7. The Morgan fingerprint density at radius 3 is 2.07 bits per heavy atom. The van der Waals surface area contributed by atoms with Gasteiger partial charge in [-0.3, -0.25) is 14.4 Å². The summed E-state index contributed by atoms with van der Waals surface area (Å²) in [5.74, 6) is -1.34. The van der Waals surface area contributed by atoms with Gasteiger partial charge in [0.1, 0.15) is 18.8 Å². The predicted octanol–water partition coefficient (Wildman–Crippen LogP) is 1.74. The molecule has 1 saturated heterocycles. The number of carbonyl (C=O) groups is 3. The van der Waals surface area contributed by atoms with Gasteiger partial charge in [-0.25, -0.2) is 0 Å². The summed E-state index contributed by atoms with van der Waals surface area (Å²) in [6.07, 6.45) is -1.93. The number of amides is 1. The molecule has 0 aromatic rings. The van der Waals surface area contributed by atoms with Crippen molar-refractivity contribution in [1.82, 2.24) is 5.32 Å². The number of carbonyl (C=O) groups excluding carboxylic acids is 3. The van der Waals surface area contributed by atoms with Gasteiger partial charge in [0.2, 0.25) is 5.91 Å². The van der Waals surface area contributed by atoms with E-state index in [0.29, 0.717) is 6.42 Å². The summed E-state index contributed by atoms with van der Waals surface area (Å²) >= 11 is 0. The van der Waals surface area contributed by atoms with Crippen LogP contribution in [0.1, 0.15) is 54.9 Å². The quantitative estimate of drug-likeness (QED) is 0.504. The molecule has 0 bridgehead atoms. The number of ether oxygens (including phenoxy) is 3. The highest BCUT2D eigenvalue weighted by Crippen LogP contribution is 2.29. The summed E-state index contributed by atoms with van der Waals surface area (Å²) in [7, 11) is 0. The van der Waals surface area contributed by atoms with Gasteiger partial charge in [-0.05, 0) is 48.0 Å². The molecule has 1 aliphatic rings. The highest BCUT2D eigenvalue weighted by Gasteiger charge is 2.48. The van der Waals surface area contributed by atoms with Crippen LogP contribution < -0.4 is 5.32 Å². The Balaban J connectivity index is 3.14. The van der Waals surface area contributed by atoms with E-state index in [1.807, 2.05) is 0 Å². The summed E-state index contributed by atoms with van der Waals surface area (Å²) < 4.78 is 16.9. The minimum Gasteiger partial charge on any atom is -0.462 e. The highest BCUT2D eigenvalue weighted by molar-refractivity contribution is 5.76. The van der Waals surface area contributed by atoms with Crippen LogP contribution in [0.3, 0.4) is 0 Å². The van der Waals surface area contributed by atoms with E-state index in [9.17, 15) is 19.5 Å². The van der Waals surface area contributed by atoms with Gasteiger partial charge in [0.15, 0.2) is 6.10 Å². The number of esters is 2. The number of hydrogen-bond donors (Lipinski definition) is 2. The van der Waals surface area contributed by atoms with Crippen LogP contribution in [0, 0.1) is 10.8 Å². The predicted molar refractivity (Wildman–Crippen MR) is 107 cm³/mol. The van der Waals surface area contributed by atoms with Gasteiger partial charge in [-0.15, -0.1) is 6.58 Å². The molecule has 1 amide bonds. The van der Waals surface area contributed by atoms with Crippen LogP contribution in [0.2, 0.25) is 0 Å². The minimum atomic E-state index is -1.25. The van der Waals surface area contributed by atoms with E-state index in [1.165, 1.54) is 6.92 Å². The van der Waals surface area contributed by atoms with Crippen LogP contribution >= 0.6 is 0 Å². The zero-order chi connectivity index (χ0) is 22.6. The molecular weight excluding hydrogens is 378 g/mol. The van der Waals surface area contributed by atoms with Crippen molar-refractivity contribution in [3.05, 3.63) is 12.7 Å². The Labute approximate surface area is 173 Å². The molecule has 1 aliphatic heterocycles. The number of aliphatic hydroxyl groups is 1. The molecule has 8 nitrogen and oxygen atoms in total. The van der Waals surface area contributed by atoms with Crippen molar-refractivity contribution in [2.75, 3.05) is 6.61 Å². The van der Waals surface area contributed by atoms with E-state index in [1.54, 1.807) is 47.6 Å². The molecule has 0 aromatic carbocycles. The third-order valence-corrected chi connectivity index (χ3v) is 4.44. The molecule has 2 N–H and O–H groups in total. The van der Waals surface area contributed by atoms with Gasteiger partial charge < -0.3 is 24.6 Å². The maximum Gasteiger partial charge on any atom is 0.311 e. The van der Waals surface area contributed by atoms with Crippen LogP contribution in [0.5, 0.6) is 0 Å². The van der Waals surface area contributed by atoms with Crippen molar-refractivity contribution < 1.29 is 33.7 Å². The van der Waals surface area contributed by atoms with E-state index in [2.05, 4.69) is 11.9 Å². The molecule has 1 heterocycles. The van der Waals surface area contributed by atoms with E-state index in [0.717, 1.165) is 0 Å². The van der Waals surface area contributed by atoms with Crippen LogP contribution in [-0.2, 0) is 28.6 Å². The van der Waals surface area contributed by atoms with Gasteiger partial charge >= 0.3 is 11.9 Å². The summed E-state index contributed by atoms with van der Waals surface area (Å²) in [6, 6.07) is -0.808. The fourth-order valence-electron chi connectivity index (χ4n) is 2.76. The van der Waals surface area contributed by atoms with E-state index < -0.39 is 53.2 Å². The summed E-state index contributed by atoms with van der Waals surface area (Å²) in [6.45, 7) is 15.0. The fourth-order valence-corrected chi connectivity index (χ4v) is 2.76. The SMILES string of the molecule is C=CC[C@H]1O[C@H](COC(=O)C(C)(C)C)[C@H](OC(=O)C(C)(C)C)[C@H](O)[C@H]1NC(C)=O. The highest BCUT2D eigenvalue weighted by atomic mass is 16.6. The Hall–Kier alpha value is -1.93. The molecule has 0 radical (unpaired) electrons. The first-order chi connectivity index (χ1) is 13.2. The summed E-state index contributed by atoms with van der Waals surface area (Å²) in [5.41, 5.74) is -1.53. The van der Waals surface area contributed by atoms with E-state index in [4.69, 9.17) is 14.2 Å². The van der Waals surface area contributed by atoms with E-state index in [-0.39, 0.29) is 12.5 Å². The van der Waals surface area contributed by atoms with Crippen molar-refractivity contribution in [3.63, 3.8) is 0 Å². The van der Waals surface area contributed by atoms with Gasteiger partial charge in [0.25, 0.3) is 0 Å². The molecule has 0 aromatic heterocycles. The molecule has 1 rings (SSSR count). The van der Waals surface area contributed by atoms with Crippen LogP contribution in [0.4, 0.5) is 0 Å². The smallest absolute Gasteiger partial charge is 0.311 e. The lowest BCUT2D eigenvalue weighted by Gasteiger charge is -2.44. The molecule has 1 fully saturated rings. The van der Waals surface area contributed by atoms with Gasteiger partial charge in [0.05, 0.1) is 23.0 Å². The normalized spacial score (nSPS) is 27.7. The van der Waals surface area contributed by atoms with Crippen LogP contribution in [0.15, 0.2) is 12.7 Å². The average Bonchev–Trinajstić information content (AvgIpc) is 2.56. The van der Waals surface area contributed by atoms with Crippen molar-refractivity contribution in [3.8, 4) is 0 Å². The summed E-state index contributed by atoms with van der Waals surface area (Å²) in [5, 5.41) is 13.6. The molecule has 0 unspecified atom stereocenters. The van der Waals surface area contributed by atoms with Crippen molar-refractivity contribution >= 4 is 17.8 Å². The lowest BCUT2D eigenvalue weighted by atomic mass is 9.90. The first-order valence-corrected chi connectivity index (χ1v) is 9.78. The van der Waals surface area contributed by atoms with E-state index >= 15 is 0 Å². The van der Waals surface area contributed by atoms with Crippen molar-refractivity contribution in [2.45, 2.75) is 85.3 Å². The van der Waals surface area contributed by atoms with Crippen LogP contribution in [-0.4, -0.2) is 60.0 Å². The second kappa shape index (κ2) is 9.71. The first kappa shape index (κ1) is 25.1. The standard InChI is InChI=1S/C21H35NO7/c1-9-10-13-15(22-12(2)23)16(24)17(29-19(26)21(6,7)8)14(28-13)11-27-18(25)20(3,4)5/h9,13-17,24H,1,10-11H2,2-8H3,(H,22,23)/t13-,14-,15+,16-,17+/m1/s1. The van der Waals surface area contributed by atoms with Crippen LogP contribution in [0.25, 0.3) is 0 Å².